The van der Waals surface area contributed by atoms with E-state index in [9.17, 15) is 14.4 Å². The molecule has 3 heterocycles. The van der Waals surface area contributed by atoms with E-state index >= 15 is 0 Å². The summed E-state index contributed by atoms with van der Waals surface area (Å²) in [7, 11) is 1.27. The quantitative estimate of drug-likeness (QED) is 0.349. The first-order valence-corrected chi connectivity index (χ1v) is 8.51. The maximum absolute atomic E-state index is 12.6. The van der Waals surface area contributed by atoms with Crippen molar-refractivity contribution in [2.75, 3.05) is 18.6 Å². The highest BCUT2D eigenvalue weighted by Crippen LogP contribution is 2.37. The number of nitrogens with zero attached hydrogens (tertiary/aromatic N) is 3. The van der Waals surface area contributed by atoms with Crippen LogP contribution in [0.15, 0.2) is 35.3 Å². The fourth-order valence-corrected chi connectivity index (χ4v) is 3.81. The second-order valence-electron chi connectivity index (χ2n) is 5.37. The van der Waals surface area contributed by atoms with Crippen LogP contribution in [0.2, 0.25) is 0 Å². The van der Waals surface area contributed by atoms with Crippen molar-refractivity contribution >= 4 is 40.9 Å². The summed E-state index contributed by atoms with van der Waals surface area (Å²) in [6, 6.07) is 2.14. The third-order valence-electron chi connectivity index (χ3n) is 3.78. The molecule has 0 bridgehead atoms. The minimum atomic E-state index is -1.18. The van der Waals surface area contributed by atoms with Gasteiger partial charge in [0.2, 0.25) is 0 Å². The van der Waals surface area contributed by atoms with E-state index in [-0.39, 0.29) is 17.1 Å². The lowest BCUT2D eigenvalue weighted by Crippen LogP contribution is -2.70. The minimum absolute atomic E-state index is 0.0764. The highest BCUT2D eigenvalue weighted by Gasteiger charge is 2.53. The zero-order valence-corrected chi connectivity index (χ0v) is 14.4. The number of anilines is 1. The first kappa shape index (κ1) is 17.7. The number of carbonyl (C=O) groups excluding carboxylic acids is 2. The monoisotopic (exact) mass is 377 g/mol. The zero-order chi connectivity index (χ0) is 18.8. The van der Waals surface area contributed by atoms with E-state index < -0.39 is 29.2 Å². The van der Waals surface area contributed by atoms with Crippen molar-refractivity contribution in [2.24, 2.45) is 5.16 Å². The van der Waals surface area contributed by atoms with Gasteiger partial charge in [-0.2, -0.15) is 0 Å². The zero-order valence-electron chi connectivity index (χ0n) is 13.6. The predicted molar refractivity (Wildman–Crippen MR) is 92.9 cm³/mol. The molecule has 0 aliphatic carbocycles. The lowest BCUT2D eigenvalue weighted by atomic mass is 10.0. The number of amides is 2. The number of rotatable bonds is 5. The SMILES string of the molecule is CON=C(C(=O)NC1C(=O)N2C(C(=O)O)=CCS[C@@H]12)c1cc(N)ccn1. The lowest BCUT2D eigenvalue weighted by molar-refractivity contribution is -0.150. The molecule has 2 aliphatic rings. The summed E-state index contributed by atoms with van der Waals surface area (Å²) in [5.74, 6) is -1.92. The molecule has 1 saturated heterocycles. The van der Waals surface area contributed by atoms with Crippen molar-refractivity contribution in [3.05, 3.63) is 35.8 Å². The molecule has 11 heteroatoms. The number of aliphatic carboxylic acids is 1. The third-order valence-corrected chi connectivity index (χ3v) is 4.96. The van der Waals surface area contributed by atoms with Crippen molar-refractivity contribution in [3.63, 3.8) is 0 Å². The van der Waals surface area contributed by atoms with E-state index in [2.05, 4.69) is 15.5 Å². The molecule has 2 aliphatic heterocycles. The van der Waals surface area contributed by atoms with E-state index in [4.69, 9.17) is 15.7 Å². The number of thioether (sulfide) groups is 1. The normalized spacial score (nSPS) is 22.0. The van der Waals surface area contributed by atoms with Gasteiger partial charge >= 0.3 is 5.97 Å². The largest absolute Gasteiger partial charge is 0.477 e. The number of nitrogens with two attached hydrogens (primary N) is 1. The fourth-order valence-electron chi connectivity index (χ4n) is 2.62. The van der Waals surface area contributed by atoms with Gasteiger partial charge in [0.25, 0.3) is 11.8 Å². The van der Waals surface area contributed by atoms with Crippen LogP contribution < -0.4 is 11.1 Å². The number of hydrogen-bond donors (Lipinski definition) is 3. The van der Waals surface area contributed by atoms with Crippen LogP contribution in [-0.4, -0.2) is 62.8 Å². The molecule has 1 aromatic rings. The van der Waals surface area contributed by atoms with Crippen LogP contribution >= 0.6 is 11.8 Å². The maximum atomic E-state index is 12.6. The number of β-lactam (4-membered cyclic amide) rings is 1. The molecular weight excluding hydrogens is 362 g/mol. The number of carboxylic acid groups (broad SMARTS) is 1. The number of nitrogen functional groups attached to an aromatic ring is 1. The van der Waals surface area contributed by atoms with Gasteiger partial charge in [-0.25, -0.2) is 4.79 Å². The van der Waals surface area contributed by atoms with Crippen molar-refractivity contribution < 1.29 is 24.3 Å². The first-order chi connectivity index (χ1) is 12.4. The second-order valence-corrected chi connectivity index (χ2v) is 6.52. The molecule has 0 spiro atoms. The lowest BCUT2D eigenvalue weighted by Gasteiger charge is -2.48. The minimum Gasteiger partial charge on any atom is -0.477 e. The topological polar surface area (TPSA) is 147 Å². The molecule has 0 aromatic carbocycles. The molecule has 2 amide bonds. The Balaban J connectivity index is 1.77. The Kier molecular flexibility index (Phi) is 4.80. The molecule has 136 valence electrons. The van der Waals surface area contributed by atoms with Gasteiger partial charge in [0.15, 0.2) is 5.71 Å². The molecule has 0 saturated carbocycles. The smallest absolute Gasteiger partial charge is 0.352 e. The molecule has 2 atom stereocenters. The Hall–Kier alpha value is -3.08. The van der Waals surface area contributed by atoms with E-state index in [1.165, 1.54) is 37.2 Å². The number of nitrogens with one attached hydrogen (secondary N) is 1. The average molecular weight is 377 g/mol. The fraction of sp³-hybridized carbons (Fsp3) is 0.267. The van der Waals surface area contributed by atoms with E-state index in [1.807, 2.05) is 0 Å². The van der Waals surface area contributed by atoms with Gasteiger partial charge in [-0.3, -0.25) is 19.5 Å². The van der Waals surface area contributed by atoms with Gasteiger partial charge in [-0.05, 0) is 18.2 Å². The Bertz CT molecular complexity index is 839. The number of fused-ring (bicyclic) bond motifs is 1. The first-order valence-electron chi connectivity index (χ1n) is 7.46. The van der Waals surface area contributed by atoms with Crippen molar-refractivity contribution in [1.29, 1.82) is 0 Å². The molecule has 1 aromatic heterocycles. The highest BCUT2D eigenvalue weighted by atomic mass is 32.2. The number of pyridine rings is 1. The molecule has 1 fully saturated rings. The van der Waals surface area contributed by atoms with E-state index in [0.29, 0.717) is 11.4 Å². The summed E-state index contributed by atoms with van der Waals surface area (Å²) >= 11 is 1.36. The molecule has 1 unspecified atom stereocenters. The van der Waals surface area contributed by atoms with E-state index in [0.717, 1.165) is 4.90 Å². The van der Waals surface area contributed by atoms with Gasteiger partial charge < -0.3 is 21.0 Å². The Morgan fingerprint density at radius 3 is 2.96 bits per heavy atom. The average Bonchev–Trinajstić information content (AvgIpc) is 2.62. The van der Waals surface area contributed by atoms with Gasteiger partial charge in [0, 0.05) is 17.6 Å². The molecule has 10 nitrogen and oxygen atoms in total. The predicted octanol–water partition coefficient (Wildman–Crippen LogP) is -0.617. The van der Waals surface area contributed by atoms with Crippen LogP contribution in [0.25, 0.3) is 0 Å². The van der Waals surface area contributed by atoms with Gasteiger partial charge in [0.1, 0.15) is 24.2 Å². The van der Waals surface area contributed by atoms with Crippen LogP contribution in [0.1, 0.15) is 5.69 Å². The van der Waals surface area contributed by atoms with Crippen LogP contribution in [-0.2, 0) is 19.2 Å². The van der Waals surface area contributed by atoms with Crippen LogP contribution in [0.4, 0.5) is 5.69 Å². The van der Waals surface area contributed by atoms with Crippen LogP contribution in [0.5, 0.6) is 0 Å². The van der Waals surface area contributed by atoms with Gasteiger partial charge in [-0.1, -0.05) is 5.16 Å². The molecule has 26 heavy (non-hydrogen) atoms. The Morgan fingerprint density at radius 1 is 1.54 bits per heavy atom. The van der Waals surface area contributed by atoms with Gasteiger partial charge in [0.05, 0.1) is 5.69 Å². The highest BCUT2D eigenvalue weighted by molar-refractivity contribution is 8.00. The van der Waals surface area contributed by atoms with Crippen molar-refractivity contribution in [3.8, 4) is 0 Å². The standard InChI is InChI=1S/C15H15N5O5S/c1-25-19-10(8-6-7(16)2-4-17-8)12(21)18-11-13(22)20-9(15(23)24)3-5-26-14(11)20/h2-4,6,11,14H,5H2,1H3,(H2,16,17)(H,18,21)(H,23,24)/t11?,14-/m0/s1. The number of oxime groups is 1. The second kappa shape index (κ2) is 7.04. The summed E-state index contributed by atoms with van der Waals surface area (Å²) < 4.78 is 0. The van der Waals surface area contributed by atoms with Gasteiger partial charge in [-0.15, -0.1) is 11.8 Å². The number of aromatic nitrogens is 1. The number of carboxylic acids is 1. The molecule has 3 rings (SSSR count). The molecule has 0 radical (unpaired) electrons. The van der Waals surface area contributed by atoms with Crippen molar-refractivity contribution in [1.82, 2.24) is 15.2 Å². The number of hydrogen-bond acceptors (Lipinski definition) is 8. The van der Waals surface area contributed by atoms with Crippen LogP contribution in [0.3, 0.4) is 0 Å². The Labute approximate surface area is 152 Å². The molecule has 4 N–H and O–H groups in total. The van der Waals surface area contributed by atoms with Crippen LogP contribution in [0, 0.1) is 0 Å². The summed E-state index contributed by atoms with van der Waals surface area (Å²) in [5.41, 5.74) is 6.05. The Morgan fingerprint density at radius 2 is 2.31 bits per heavy atom. The third kappa shape index (κ3) is 3.08. The summed E-state index contributed by atoms with van der Waals surface area (Å²) in [4.78, 5) is 46.0. The summed E-state index contributed by atoms with van der Waals surface area (Å²) in [6.07, 6.45) is 2.88. The summed E-state index contributed by atoms with van der Waals surface area (Å²) in [5, 5.41) is 14.9. The van der Waals surface area contributed by atoms with Crippen molar-refractivity contribution in [2.45, 2.75) is 11.4 Å². The van der Waals surface area contributed by atoms with E-state index in [1.54, 1.807) is 6.07 Å². The maximum Gasteiger partial charge on any atom is 0.352 e. The molecular formula is C15H15N5O5S. The number of carbonyl (C=O) groups is 3. The summed E-state index contributed by atoms with van der Waals surface area (Å²) in [6.45, 7) is 0.